The van der Waals surface area contributed by atoms with Gasteiger partial charge < -0.3 is 10.1 Å². The molecule has 0 unspecified atom stereocenters. The van der Waals surface area contributed by atoms with Crippen LogP contribution in [0, 0.1) is 0 Å². The third-order valence-electron chi connectivity index (χ3n) is 4.09. The van der Waals surface area contributed by atoms with Crippen LogP contribution < -0.4 is 5.32 Å². The highest BCUT2D eigenvalue weighted by Gasteiger charge is 2.30. The first-order chi connectivity index (χ1) is 11.6. The Hall–Kier alpha value is -2.62. The maximum Gasteiger partial charge on any atom is 0.318 e. The molecule has 1 N–H and O–H groups in total. The summed E-state index contributed by atoms with van der Waals surface area (Å²) >= 11 is 0. The Morgan fingerprint density at radius 3 is 1.92 bits per heavy atom. The van der Waals surface area contributed by atoms with Crippen molar-refractivity contribution in [2.24, 2.45) is 0 Å². The fourth-order valence-electron chi connectivity index (χ4n) is 2.60. The van der Waals surface area contributed by atoms with Gasteiger partial charge in [0.05, 0.1) is 0 Å². The first kappa shape index (κ1) is 16.2. The number of ether oxygens (including phenoxy) is 1. The summed E-state index contributed by atoms with van der Waals surface area (Å²) in [4.78, 5) is 24.8. The fraction of sp³-hybridized carbons (Fsp3) is 0.300. The van der Waals surface area contributed by atoms with Crippen LogP contribution in [-0.2, 0) is 14.3 Å². The topological polar surface area (TPSA) is 55.4 Å². The third-order valence-corrected chi connectivity index (χ3v) is 4.09. The number of rotatable bonds is 6. The third kappa shape index (κ3) is 4.02. The van der Waals surface area contributed by atoms with E-state index in [-0.39, 0.29) is 11.9 Å². The van der Waals surface area contributed by atoms with Crippen molar-refractivity contribution in [2.45, 2.75) is 37.8 Å². The van der Waals surface area contributed by atoms with Crippen molar-refractivity contribution in [1.82, 2.24) is 5.32 Å². The van der Waals surface area contributed by atoms with E-state index in [0.717, 1.165) is 24.0 Å². The van der Waals surface area contributed by atoms with Crippen molar-refractivity contribution in [3.63, 3.8) is 0 Å². The standard InChI is InChI=1S/C20H21NO3/c1-14(19(22)21-17-12-13-17)24-20(23)18(15-8-4-2-5-9-15)16-10-6-3-7-11-16/h2-11,14,17-18H,12-13H2,1H3,(H,21,22)/t14-/m0/s1. The lowest BCUT2D eigenvalue weighted by molar-refractivity contribution is -0.155. The average molecular weight is 323 g/mol. The summed E-state index contributed by atoms with van der Waals surface area (Å²) in [5.74, 6) is -1.18. The molecule has 0 aliphatic heterocycles. The molecule has 3 rings (SSSR count). The van der Waals surface area contributed by atoms with Gasteiger partial charge in [-0.1, -0.05) is 60.7 Å². The van der Waals surface area contributed by atoms with Crippen LogP contribution in [0.15, 0.2) is 60.7 Å². The molecule has 1 fully saturated rings. The summed E-state index contributed by atoms with van der Waals surface area (Å²) < 4.78 is 5.46. The molecule has 24 heavy (non-hydrogen) atoms. The van der Waals surface area contributed by atoms with E-state index >= 15 is 0 Å². The second-order valence-corrected chi connectivity index (χ2v) is 6.12. The van der Waals surface area contributed by atoms with Crippen LogP contribution in [0.4, 0.5) is 0 Å². The van der Waals surface area contributed by atoms with E-state index in [1.54, 1.807) is 6.92 Å². The molecule has 2 aromatic rings. The maximum atomic E-state index is 12.8. The smallest absolute Gasteiger partial charge is 0.318 e. The molecule has 4 heteroatoms. The van der Waals surface area contributed by atoms with Crippen LogP contribution in [0.5, 0.6) is 0 Å². The summed E-state index contributed by atoms with van der Waals surface area (Å²) in [5.41, 5.74) is 1.70. The lowest BCUT2D eigenvalue weighted by Gasteiger charge is -2.20. The van der Waals surface area contributed by atoms with Gasteiger partial charge in [0.1, 0.15) is 5.92 Å². The zero-order valence-corrected chi connectivity index (χ0v) is 13.6. The van der Waals surface area contributed by atoms with Gasteiger partial charge >= 0.3 is 5.97 Å². The number of amides is 1. The van der Waals surface area contributed by atoms with E-state index in [9.17, 15) is 9.59 Å². The summed E-state index contributed by atoms with van der Waals surface area (Å²) in [7, 11) is 0. The Kier molecular flexibility index (Phi) is 4.94. The Morgan fingerprint density at radius 2 is 1.46 bits per heavy atom. The van der Waals surface area contributed by atoms with E-state index in [1.165, 1.54) is 0 Å². The number of carbonyl (C=O) groups is 2. The van der Waals surface area contributed by atoms with Crippen LogP contribution in [0.3, 0.4) is 0 Å². The highest BCUT2D eigenvalue weighted by molar-refractivity contribution is 5.87. The lowest BCUT2D eigenvalue weighted by Crippen LogP contribution is -2.38. The van der Waals surface area contributed by atoms with Gasteiger partial charge in [0, 0.05) is 6.04 Å². The van der Waals surface area contributed by atoms with Gasteiger partial charge in [0.15, 0.2) is 6.10 Å². The van der Waals surface area contributed by atoms with Crippen LogP contribution in [0.1, 0.15) is 36.8 Å². The Morgan fingerprint density at radius 1 is 0.958 bits per heavy atom. The molecule has 0 saturated heterocycles. The van der Waals surface area contributed by atoms with Crippen molar-refractivity contribution in [1.29, 1.82) is 0 Å². The van der Waals surface area contributed by atoms with E-state index in [2.05, 4.69) is 5.32 Å². The van der Waals surface area contributed by atoms with Gasteiger partial charge in [-0.25, -0.2) is 0 Å². The molecule has 4 nitrogen and oxygen atoms in total. The van der Waals surface area contributed by atoms with E-state index < -0.39 is 18.0 Å². The number of hydrogen-bond acceptors (Lipinski definition) is 3. The van der Waals surface area contributed by atoms with Crippen molar-refractivity contribution in [2.75, 3.05) is 0 Å². The fourth-order valence-corrected chi connectivity index (χ4v) is 2.60. The summed E-state index contributed by atoms with van der Waals surface area (Å²) in [5, 5.41) is 2.86. The molecule has 1 aliphatic carbocycles. The largest absolute Gasteiger partial charge is 0.452 e. The van der Waals surface area contributed by atoms with Crippen molar-refractivity contribution in [3.8, 4) is 0 Å². The second kappa shape index (κ2) is 7.30. The molecule has 0 spiro atoms. The van der Waals surface area contributed by atoms with Gasteiger partial charge in [-0.2, -0.15) is 0 Å². The number of esters is 1. The van der Waals surface area contributed by atoms with Gasteiger partial charge in [-0.15, -0.1) is 0 Å². The molecule has 1 saturated carbocycles. The molecule has 0 heterocycles. The molecule has 0 bridgehead atoms. The van der Waals surface area contributed by atoms with Crippen molar-refractivity contribution >= 4 is 11.9 Å². The SMILES string of the molecule is C[C@H](OC(=O)C(c1ccccc1)c1ccccc1)C(=O)NC1CC1. The Bertz CT molecular complexity index is 656. The van der Waals surface area contributed by atoms with Crippen LogP contribution >= 0.6 is 0 Å². The first-order valence-electron chi connectivity index (χ1n) is 8.26. The van der Waals surface area contributed by atoms with Gasteiger partial charge in [0.2, 0.25) is 0 Å². The predicted molar refractivity (Wildman–Crippen MR) is 91.4 cm³/mol. The van der Waals surface area contributed by atoms with Gasteiger partial charge in [0.25, 0.3) is 5.91 Å². The first-order valence-corrected chi connectivity index (χ1v) is 8.26. The maximum absolute atomic E-state index is 12.8. The van der Waals surface area contributed by atoms with Gasteiger partial charge in [-0.05, 0) is 30.9 Å². The van der Waals surface area contributed by atoms with Crippen molar-refractivity contribution in [3.05, 3.63) is 71.8 Å². The lowest BCUT2D eigenvalue weighted by atomic mass is 9.91. The van der Waals surface area contributed by atoms with E-state index in [0.29, 0.717) is 0 Å². The highest BCUT2D eigenvalue weighted by Crippen LogP contribution is 2.26. The molecule has 1 amide bonds. The monoisotopic (exact) mass is 323 g/mol. The van der Waals surface area contributed by atoms with Crippen LogP contribution in [0.2, 0.25) is 0 Å². The molecular weight excluding hydrogens is 302 g/mol. The predicted octanol–water partition coefficient (Wildman–Crippen LogP) is 3.03. The average Bonchev–Trinajstić information content (AvgIpc) is 3.41. The molecule has 124 valence electrons. The number of benzene rings is 2. The summed E-state index contributed by atoms with van der Waals surface area (Å²) in [6, 6.07) is 19.2. The quantitative estimate of drug-likeness (QED) is 0.831. The Labute approximate surface area is 141 Å². The molecular formula is C20H21NO3. The van der Waals surface area contributed by atoms with E-state index in [1.807, 2.05) is 60.7 Å². The van der Waals surface area contributed by atoms with Crippen LogP contribution in [-0.4, -0.2) is 24.0 Å². The van der Waals surface area contributed by atoms with Gasteiger partial charge in [-0.3, -0.25) is 9.59 Å². The van der Waals surface area contributed by atoms with Crippen molar-refractivity contribution < 1.29 is 14.3 Å². The summed E-state index contributed by atoms with van der Waals surface area (Å²) in [6.07, 6.45) is 1.21. The summed E-state index contributed by atoms with van der Waals surface area (Å²) in [6.45, 7) is 1.61. The Balaban J connectivity index is 1.77. The molecule has 2 aromatic carbocycles. The molecule has 1 aliphatic rings. The number of carbonyl (C=O) groups excluding carboxylic acids is 2. The van der Waals surface area contributed by atoms with E-state index in [4.69, 9.17) is 4.74 Å². The van der Waals surface area contributed by atoms with Crippen LogP contribution in [0.25, 0.3) is 0 Å². The minimum absolute atomic E-state index is 0.231. The molecule has 1 atom stereocenters. The normalized spacial score (nSPS) is 14.9. The minimum atomic E-state index is -0.798. The second-order valence-electron chi connectivity index (χ2n) is 6.12. The number of nitrogens with one attached hydrogen (secondary N) is 1. The number of hydrogen-bond donors (Lipinski definition) is 1. The molecule has 0 radical (unpaired) electrons. The zero-order valence-electron chi connectivity index (χ0n) is 13.6. The zero-order chi connectivity index (χ0) is 16.9. The molecule has 0 aromatic heterocycles. The minimum Gasteiger partial charge on any atom is -0.452 e. The highest BCUT2D eigenvalue weighted by atomic mass is 16.5.